The number of amides is 1. The lowest BCUT2D eigenvalue weighted by atomic mass is 10.1. The van der Waals surface area contributed by atoms with Crippen molar-refractivity contribution in [1.82, 2.24) is 5.32 Å². The molecular formula is C17H23NO2. The SMILES string of the molecule is CC(C)CC#Cc1cccc(OC(=O)NC(C)(C)C)c1. The summed E-state index contributed by atoms with van der Waals surface area (Å²) >= 11 is 0. The van der Waals surface area contributed by atoms with Crippen molar-refractivity contribution in [2.45, 2.75) is 46.6 Å². The Labute approximate surface area is 121 Å². The predicted molar refractivity (Wildman–Crippen MR) is 81.7 cm³/mol. The predicted octanol–water partition coefficient (Wildman–Crippen LogP) is 3.97. The molecule has 0 aliphatic heterocycles. The Balaban J connectivity index is 2.68. The van der Waals surface area contributed by atoms with Gasteiger partial charge in [-0.2, -0.15) is 0 Å². The van der Waals surface area contributed by atoms with E-state index < -0.39 is 6.09 Å². The number of rotatable bonds is 2. The van der Waals surface area contributed by atoms with Crippen LogP contribution in [0.5, 0.6) is 5.75 Å². The summed E-state index contributed by atoms with van der Waals surface area (Å²) in [6.07, 6.45) is 0.403. The smallest absolute Gasteiger partial charge is 0.410 e. The van der Waals surface area contributed by atoms with Gasteiger partial charge in [-0.3, -0.25) is 0 Å². The van der Waals surface area contributed by atoms with Gasteiger partial charge in [0.25, 0.3) is 0 Å². The summed E-state index contributed by atoms with van der Waals surface area (Å²) in [5.74, 6) is 7.25. The average Bonchev–Trinajstić information content (AvgIpc) is 2.26. The van der Waals surface area contributed by atoms with Crippen LogP contribution in [0.3, 0.4) is 0 Å². The first-order chi connectivity index (χ1) is 9.26. The maximum Gasteiger partial charge on any atom is 0.413 e. The lowest BCUT2D eigenvalue weighted by Gasteiger charge is -2.19. The highest BCUT2D eigenvalue weighted by Gasteiger charge is 2.15. The molecule has 1 rings (SSSR count). The van der Waals surface area contributed by atoms with Crippen molar-refractivity contribution in [1.29, 1.82) is 0 Å². The van der Waals surface area contributed by atoms with Crippen LogP contribution < -0.4 is 10.1 Å². The third-order valence-electron chi connectivity index (χ3n) is 2.26. The number of benzene rings is 1. The van der Waals surface area contributed by atoms with E-state index in [4.69, 9.17) is 4.74 Å². The second-order valence-corrected chi connectivity index (χ2v) is 6.19. The number of hydrogen-bond donors (Lipinski definition) is 1. The molecule has 0 heterocycles. The molecule has 0 saturated heterocycles. The molecule has 0 aliphatic carbocycles. The number of nitrogens with one attached hydrogen (secondary N) is 1. The van der Waals surface area contributed by atoms with Gasteiger partial charge < -0.3 is 10.1 Å². The molecule has 1 N–H and O–H groups in total. The molecule has 0 fully saturated rings. The molecule has 0 aliphatic rings. The minimum Gasteiger partial charge on any atom is -0.410 e. The van der Waals surface area contributed by atoms with E-state index in [0.717, 1.165) is 12.0 Å². The van der Waals surface area contributed by atoms with Crippen LogP contribution in [0, 0.1) is 17.8 Å². The van der Waals surface area contributed by atoms with Crippen LogP contribution in [-0.4, -0.2) is 11.6 Å². The molecule has 0 aromatic heterocycles. The van der Waals surface area contributed by atoms with Crippen LogP contribution in [0.1, 0.15) is 46.6 Å². The van der Waals surface area contributed by atoms with Gasteiger partial charge in [-0.1, -0.05) is 31.8 Å². The third-order valence-corrected chi connectivity index (χ3v) is 2.26. The van der Waals surface area contributed by atoms with Gasteiger partial charge in [0.2, 0.25) is 0 Å². The first kappa shape index (κ1) is 16.1. The summed E-state index contributed by atoms with van der Waals surface area (Å²) < 4.78 is 5.24. The van der Waals surface area contributed by atoms with E-state index >= 15 is 0 Å². The van der Waals surface area contributed by atoms with Crippen molar-refractivity contribution in [2.24, 2.45) is 5.92 Å². The van der Waals surface area contributed by atoms with Gasteiger partial charge in [-0.25, -0.2) is 4.79 Å². The molecule has 1 amide bonds. The van der Waals surface area contributed by atoms with Gasteiger partial charge >= 0.3 is 6.09 Å². The fourth-order valence-corrected chi connectivity index (χ4v) is 1.43. The highest BCUT2D eigenvalue weighted by atomic mass is 16.6. The molecule has 20 heavy (non-hydrogen) atoms. The molecule has 1 aromatic carbocycles. The van der Waals surface area contributed by atoms with Crippen molar-refractivity contribution in [3.8, 4) is 17.6 Å². The Morgan fingerprint density at radius 3 is 2.65 bits per heavy atom. The van der Waals surface area contributed by atoms with E-state index in [2.05, 4.69) is 31.0 Å². The van der Waals surface area contributed by atoms with Gasteiger partial charge in [0.15, 0.2) is 0 Å². The Morgan fingerprint density at radius 2 is 2.05 bits per heavy atom. The minimum absolute atomic E-state index is 0.314. The van der Waals surface area contributed by atoms with E-state index in [0.29, 0.717) is 11.7 Å². The monoisotopic (exact) mass is 273 g/mol. The number of carbonyl (C=O) groups is 1. The minimum atomic E-state index is -0.454. The third kappa shape index (κ3) is 6.84. The van der Waals surface area contributed by atoms with Crippen molar-refractivity contribution < 1.29 is 9.53 Å². The Morgan fingerprint density at radius 1 is 1.35 bits per heavy atom. The number of hydrogen-bond acceptors (Lipinski definition) is 2. The van der Waals surface area contributed by atoms with Gasteiger partial charge in [-0.05, 0) is 44.9 Å². The molecule has 0 radical (unpaired) electrons. The maximum atomic E-state index is 11.7. The lowest BCUT2D eigenvalue weighted by molar-refractivity contribution is 0.190. The molecule has 0 saturated carbocycles. The highest BCUT2D eigenvalue weighted by Crippen LogP contribution is 2.13. The second kappa shape index (κ2) is 7.00. The molecule has 0 spiro atoms. The van der Waals surface area contributed by atoms with Gasteiger partial charge in [0.1, 0.15) is 5.75 Å². The Kier molecular flexibility index (Phi) is 5.64. The summed E-state index contributed by atoms with van der Waals surface area (Å²) in [4.78, 5) is 11.7. The lowest BCUT2D eigenvalue weighted by Crippen LogP contribution is -2.42. The molecule has 3 nitrogen and oxygen atoms in total. The molecule has 0 unspecified atom stereocenters. The zero-order chi connectivity index (χ0) is 15.2. The quantitative estimate of drug-likeness (QED) is 0.828. The molecule has 108 valence electrons. The van der Waals surface area contributed by atoms with E-state index in [-0.39, 0.29) is 5.54 Å². The average molecular weight is 273 g/mol. The summed E-state index contributed by atoms with van der Waals surface area (Å²) in [5, 5.41) is 2.75. The topological polar surface area (TPSA) is 38.3 Å². The fourth-order valence-electron chi connectivity index (χ4n) is 1.43. The molecule has 0 bridgehead atoms. The van der Waals surface area contributed by atoms with Crippen LogP contribution in [0.15, 0.2) is 24.3 Å². The zero-order valence-electron chi connectivity index (χ0n) is 12.9. The highest BCUT2D eigenvalue weighted by molar-refractivity contribution is 5.71. The first-order valence-electron chi connectivity index (χ1n) is 6.85. The fraction of sp³-hybridized carbons (Fsp3) is 0.471. The van der Waals surface area contributed by atoms with E-state index in [1.165, 1.54) is 0 Å². The summed E-state index contributed by atoms with van der Waals surface area (Å²) in [5.41, 5.74) is 0.540. The first-order valence-corrected chi connectivity index (χ1v) is 6.85. The maximum absolute atomic E-state index is 11.7. The largest absolute Gasteiger partial charge is 0.413 e. The number of carbonyl (C=O) groups excluding carboxylic acids is 1. The van der Waals surface area contributed by atoms with Crippen LogP contribution in [0.4, 0.5) is 4.79 Å². The van der Waals surface area contributed by atoms with Crippen molar-refractivity contribution in [2.75, 3.05) is 0 Å². The van der Waals surface area contributed by atoms with E-state index in [1.54, 1.807) is 12.1 Å². The van der Waals surface area contributed by atoms with Crippen LogP contribution in [-0.2, 0) is 0 Å². The summed E-state index contributed by atoms with van der Waals surface area (Å²) in [7, 11) is 0. The van der Waals surface area contributed by atoms with Crippen molar-refractivity contribution in [3.63, 3.8) is 0 Å². The van der Waals surface area contributed by atoms with Crippen LogP contribution in [0.2, 0.25) is 0 Å². The van der Waals surface area contributed by atoms with E-state index in [1.807, 2.05) is 32.9 Å². The zero-order valence-corrected chi connectivity index (χ0v) is 12.9. The van der Waals surface area contributed by atoms with Gasteiger partial charge in [0.05, 0.1) is 0 Å². The van der Waals surface area contributed by atoms with Crippen molar-refractivity contribution >= 4 is 6.09 Å². The molecular weight excluding hydrogens is 250 g/mol. The Bertz CT molecular complexity index is 516. The molecule has 3 heteroatoms. The van der Waals surface area contributed by atoms with Crippen LogP contribution >= 0.6 is 0 Å². The van der Waals surface area contributed by atoms with Gasteiger partial charge in [0, 0.05) is 17.5 Å². The number of ether oxygens (including phenoxy) is 1. The second-order valence-electron chi connectivity index (χ2n) is 6.19. The molecule has 0 atom stereocenters. The Hall–Kier alpha value is -1.95. The standard InChI is InChI=1S/C17H23NO2/c1-13(2)8-6-9-14-10-7-11-15(12-14)20-16(19)18-17(3,4)5/h7,10-13H,8H2,1-5H3,(H,18,19). The van der Waals surface area contributed by atoms with Gasteiger partial charge in [-0.15, -0.1) is 0 Å². The van der Waals surface area contributed by atoms with Crippen molar-refractivity contribution in [3.05, 3.63) is 29.8 Å². The molecule has 1 aromatic rings. The summed E-state index contributed by atoms with van der Waals surface area (Å²) in [6, 6.07) is 7.26. The van der Waals surface area contributed by atoms with Crippen LogP contribution in [0.25, 0.3) is 0 Å². The summed E-state index contributed by atoms with van der Waals surface area (Å²) in [6.45, 7) is 9.97. The normalized spacial score (nSPS) is 10.7. The van der Waals surface area contributed by atoms with E-state index in [9.17, 15) is 4.79 Å².